The van der Waals surface area contributed by atoms with Crippen molar-refractivity contribution < 1.29 is 14.6 Å². The fourth-order valence-electron chi connectivity index (χ4n) is 3.06. The second kappa shape index (κ2) is 6.94. The van der Waals surface area contributed by atoms with Crippen LogP contribution in [0, 0.1) is 0 Å². The molecule has 1 saturated heterocycles. The first kappa shape index (κ1) is 15.7. The smallest absolute Gasteiger partial charge is 0.246 e. The molecule has 120 valence electrons. The van der Waals surface area contributed by atoms with Crippen molar-refractivity contribution in [2.75, 3.05) is 20.3 Å². The number of likely N-dealkylation sites (tertiary alicyclic amines) is 1. The molecular weight excluding hydrogens is 290 g/mol. The van der Waals surface area contributed by atoms with Crippen molar-refractivity contribution in [1.82, 2.24) is 4.90 Å². The fourth-order valence-corrected chi connectivity index (χ4v) is 3.06. The third-order valence-corrected chi connectivity index (χ3v) is 4.40. The lowest BCUT2D eigenvalue weighted by atomic mass is 10.1. The van der Waals surface area contributed by atoms with Crippen molar-refractivity contribution in [3.8, 4) is 0 Å². The molecule has 4 heteroatoms. The van der Waals surface area contributed by atoms with E-state index in [1.807, 2.05) is 30.3 Å². The van der Waals surface area contributed by atoms with Crippen LogP contribution >= 0.6 is 0 Å². The van der Waals surface area contributed by atoms with Crippen LogP contribution in [0.1, 0.15) is 12.0 Å². The number of rotatable bonds is 4. The lowest BCUT2D eigenvalue weighted by molar-refractivity contribution is -0.127. The second-order valence-electron chi connectivity index (χ2n) is 5.86. The van der Waals surface area contributed by atoms with Crippen LogP contribution in [0.3, 0.4) is 0 Å². The van der Waals surface area contributed by atoms with Crippen molar-refractivity contribution in [2.24, 2.45) is 0 Å². The Morgan fingerprint density at radius 1 is 1.30 bits per heavy atom. The first-order valence-corrected chi connectivity index (χ1v) is 7.82. The quantitative estimate of drug-likeness (QED) is 0.883. The molecule has 1 amide bonds. The number of ether oxygens (including phenoxy) is 1. The molecule has 1 N–H and O–H groups in total. The molecule has 2 aromatic rings. The number of benzene rings is 2. The van der Waals surface area contributed by atoms with E-state index in [2.05, 4.69) is 18.2 Å². The molecule has 2 atom stereocenters. The predicted molar refractivity (Wildman–Crippen MR) is 91.0 cm³/mol. The first-order valence-electron chi connectivity index (χ1n) is 7.82. The van der Waals surface area contributed by atoms with Gasteiger partial charge in [-0.25, -0.2) is 0 Å². The maximum atomic E-state index is 12.4. The number of aliphatic hydroxyl groups excluding tert-OH is 1. The van der Waals surface area contributed by atoms with Gasteiger partial charge in [0.25, 0.3) is 0 Å². The highest BCUT2D eigenvalue weighted by atomic mass is 16.5. The molecule has 1 fully saturated rings. The Hall–Kier alpha value is -2.17. The Labute approximate surface area is 136 Å². The lowest BCUT2D eigenvalue weighted by Gasteiger charge is -2.20. The van der Waals surface area contributed by atoms with E-state index in [0.717, 1.165) is 10.9 Å². The van der Waals surface area contributed by atoms with Gasteiger partial charge < -0.3 is 14.7 Å². The second-order valence-corrected chi connectivity index (χ2v) is 5.86. The maximum absolute atomic E-state index is 12.4. The van der Waals surface area contributed by atoms with Gasteiger partial charge in [-0.3, -0.25) is 4.79 Å². The Morgan fingerprint density at radius 3 is 2.83 bits per heavy atom. The molecule has 0 bridgehead atoms. The molecule has 4 nitrogen and oxygen atoms in total. The number of amides is 1. The molecular formula is C19H21NO3. The average molecular weight is 311 g/mol. The molecule has 1 aliphatic heterocycles. The predicted octanol–water partition coefficient (Wildman–Crippen LogP) is 2.46. The molecule has 0 radical (unpaired) electrons. The molecule has 3 rings (SSSR count). The van der Waals surface area contributed by atoms with Crippen LogP contribution < -0.4 is 0 Å². The summed E-state index contributed by atoms with van der Waals surface area (Å²) in [5.41, 5.74) is 0.986. The first-order chi connectivity index (χ1) is 11.2. The van der Waals surface area contributed by atoms with Crippen LogP contribution in [-0.4, -0.2) is 48.3 Å². The summed E-state index contributed by atoms with van der Waals surface area (Å²) in [6.45, 7) is 0.498. The molecule has 0 unspecified atom stereocenters. The number of fused-ring (bicyclic) bond motifs is 1. The average Bonchev–Trinajstić information content (AvgIpc) is 3.03. The Morgan fingerprint density at radius 2 is 2.09 bits per heavy atom. The Balaban J connectivity index is 1.74. The van der Waals surface area contributed by atoms with Crippen molar-refractivity contribution in [1.29, 1.82) is 0 Å². The largest absolute Gasteiger partial charge is 0.394 e. The number of nitrogens with zero attached hydrogens (tertiary/aromatic N) is 1. The summed E-state index contributed by atoms with van der Waals surface area (Å²) in [6.07, 6.45) is 4.08. The number of carbonyl (C=O) groups is 1. The minimum atomic E-state index is -0.159. The summed E-state index contributed by atoms with van der Waals surface area (Å²) in [7, 11) is 1.64. The van der Waals surface area contributed by atoms with Crippen LogP contribution in [0.25, 0.3) is 16.8 Å². The van der Waals surface area contributed by atoms with Crippen LogP contribution in [0.15, 0.2) is 48.5 Å². The molecule has 0 aromatic heterocycles. The zero-order valence-electron chi connectivity index (χ0n) is 13.2. The minimum absolute atomic E-state index is 0.00479. The van der Waals surface area contributed by atoms with E-state index >= 15 is 0 Å². The topological polar surface area (TPSA) is 49.8 Å². The summed E-state index contributed by atoms with van der Waals surface area (Å²) < 4.78 is 5.31. The summed E-state index contributed by atoms with van der Waals surface area (Å²) in [5, 5.41) is 11.8. The van der Waals surface area contributed by atoms with Gasteiger partial charge >= 0.3 is 0 Å². The SMILES string of the molecule is CO[C@@H]1C[C@@H](CO)N(C(=O)/C=C/c2ccc3ccccc3c2)C1. The van der Waals surface area contributed by atoms with E-state index in [4.69, 9.17) is 4.74 Å². The molecule has 23 heavy (non-hydrogen) atoms. The van der Waals surface area contributed by atoms with Gasteiger partial charge in [0.2, 0.25) is 5.91 Å². The summed E-state index contributed by atoms with van der Waals surface area (Å²) in [6, 6.07) is 14.1. The molecule has 0 saturated carbocycles. The van der Waals surface area contributed by atoms with Crippen LogP contribution in [0.5, 0.6) is 0 Å². The van der Waals surface area contributed by atoms with Crippen molar-refractivity contribution in [2.45, 2.75) is 18.6 Å². The van der Waals surface area contributed by atoms with Gasteiger partial charge in [-0.05, 0) is 34.9 Å². The normalized spacial score (nSPS) is 21.4. The van der Waals surface area contributed by atoms with Gasteiger partial charge in [-0.1, -0.05) is 36.4 Å². The number of methoxy groups -OCH3 is 1. The van der Waals surface area contributed by atoms with Crippen molar-refractivity contribution in [3.63, 3.8) is 0 Å². The lowest BCUT2D eigenvalue weighted by Crippen LogP contribution is -2.36. The van der Waals surface area contributed by atoms with Gasteiger partial charge in [0.1, 0.15) is 0 Å². The van der Waals surface area contributed by atoms with Gasteiger partial charge in [-0.15, -0.1) is 0 Å². The Bertz CT molecular complexity index is 725. The van der Waals surface area contributed by atoms with E-state index in [1.54, 1.807) is 18.1 Å². The third kappa shape index (κ3) is 3.44. The van der Waals surface area contributed by atoms with Crippen LogP contribution in [0.2, 0.25) is 0 Å². The maximum Gasteiger partial charge on any atom is 0.246 e. The third-order valence-electron chi connectivity index (χ3n) is 4.40. The van der Waals surface area contributed by atoms with E-state index in [9.17, 15) is 9.90 Å². The molecule has 0 aliphatic carbocycles. The number of hydrogen-bond acceptors (Lipinski definition) is 3. The highest BCUT2D eigenvalue weighted by Gasteiger charge is 2.33. The number of hydrogen-bond donors (Lipinski definition) is 1. The van der Waals surface area contributed by atoms with E-state index in [0.29, 0.717) is 13.0 Å². The zero-order valence-corrected chi connectivity index (χ0v) is 13.2. The Kier molecular flexibility index (Phi) is 4.74. The monoisotopic (exact) mass is 311 g/mol. The highest BCUT2D eigenvalue weighted by Crippen LogP contribution is 2.21. The van der Waals surface area contributed by atoms with Crippen LogP contribution in [0.4, 0.5) is 0 Å². The molecule has 0 spiro atoms. The fraction of sp³-hybridized carbons (Fsp3) is 0.316. The van der Waals surface area contributed by atoms with Gasteiger partial charge in [0, 0.05) is 19.7 Å². The van der Waals surface area contributed by atoms with Crippen LogP contribution in [-0.2, 0) is 9.53 Å². The van der Waals surface area contributed by atoms with Gasteiger partial charge in [0.05, 0.1) is 18.8 Å². The van der Waals surface area contributed by atoms with Crippen molar-refractivity contribution in [3.05, 3.63) is 54.1 Å². The summed E-state index contributed by atoms with van der Waals surface area (Å²) in [4.78, 5) is 14.1. The number of carbonyl (C=O) groups excluding carboxylic acids is 1. The molecule has 1 aliphatic rings. The minimum Gasteiger partial charge on any atom is -0.394 e. The standard InChI is InChI=1S/C19H21NO3/c1-23-18-11-17(13-21)20(12-18)19(22)9-7-14-6-8-15-4-2-3-5-16(15)10-14/h2-10,17-18,21H,11-13H2,1H3/b9-7+/t17-,18+/m0/s1. The van der Waals surface area contributed by atoms with E-state index in [-0.39, 0.29) is 24.7 Å². The highest BCUT2D eigenvalue weighted by molar-refractivity contribution is 5.93. The number of aliphatic hydroxyl groups is 1. The summed E-state index contributed by atoms with van der Waals surface area (Å²) >= 11 is 0. The van der Waals surface area contributed by atoms with Gasteiger partial charge in [0.15, 0.2) is 0 Å². The molecule has 1 heterocycles. The molecule has 2 aromatic carbocycles. The van der Waals surface area contributed by atoms with Gasteiger partial charge in [-0.2, -0.15) is 0 Å². The van der Waals surface area contributed by atoms with Crippen molar-refractivity contribution >= 4 is 22.8 Å². The van der Waals surface area contributed by atoms with E-state index in [1.165, 1.54) is 5.39 Å². The zero-order chi connectivity index (χ0) is 16.2. The summed E-state index contributed by atoms with van der Waals surface area (Å²) in [5.74, 6) is -0.0863. The van der Waals surface area contributed by atoms with E-state index < -0.39 is 0 Å².